The molecule has 0 spiro atoms. The molecule has 1 aliphatic rings. The molecule has 206 valence electrons. The van der Waals surface area contributed by atoms with Crippen LogP contribution in [-0.4, -0.2) is 28.8 Å². The van der Waals surface area contributed by atoms with E-state index in [1.54, 1.807) is 18.6 Å². The summed E-state index contributed by atoms with van der Waals surface area (Å²) in [5.74, 6) is 0.176. The van der Waals surface area contributed by atoms with Crippen LogP contribution in [-0.2, 0) is 16.1 Å². The Morgan fingerprint density at radius 3 is 2.44 bits per heavy atom. The highest BCUT2D eigenvalue weighted by atomic mass is 32.1. The Morgan fingerprint density at radius 1 is 1.00 bits per heavy atom. The summed E-state index contributed by atoms with van der Waals surface area (Å²) in [7, 11) is 1.60. The number of rotatable bonds is 7. The summed E-state index contributed by atoms with van der Waals surface area (Å²) >= 11 is 1.32. The average Bonchev–Trinajstić information content (AvgIpc) is 3.53. The highest BCUT2D eigenvalue weighted by molar-refractivity contribution is 7.07. The molecule has 41 heavy (non-hydrogen) atoms. The second-order valence-electron chi connectivity index (χ2n) is 9.59. The number of benzene rings is 3. The first-order chi connectivity index (χ1) is 20.0. The van der Waals surface area contributed by atoms with Gasteiger partial charge in [-0.3, -0.25) is 9.36 Å². The maximum atomic E-state index is 14.2. The highest BCUT2D eigenvalue weighted by Crippen LogP contribution is 2.35. The van der Waals surface area contributed by atoms with E-state index < -0.39 is 12.0 Å². The smallest absolute Gasteiger partial charge is 0.338 e. The Hall–Kier alpha value is -4.69. The van der Waals surface area contributed by atoms with Crippen LogP contribution in [0, 0.1) is 0 Å². The number of esters is 1. The molecular weight excluding hydrogens is 534 g/mol. The minimum atomic E-state index is -0.731. The summed E-state index contributed by atoms with van der Waals surface area (Å²) in [5, 5.41) is 1.07. The fraction of sp³-hybridized carbons (Fsp3) is 0.182. The number of ether oxygens (including phenoxy) is 2. The van der Waals surface area contributed by atoms with Gasteiger partial charge >= 0.3 is 5.97 Å². The van der Waals surface area contributed by atoms with Crippen molar-refractivity contribution in [1.82, 2.24) is 9.13 Å². The number of fused-ring (bicyclic) bond motifs is 2. The van der Waals surface area contributed by atoms with Crippen LogP contribution in [0.2, 0.25) is 0 Å². The molecule has 0 fully saturated rings. The molecule has 0 bridgehead atoms. The van der Waals surface area contributed by atoms with Gasteiger partial charge in [-0.15, -0.1) is 0 Å². The number of carbonyl (C=O) groups is 1. The van der Waals surface area contributed by atoms with Gasteiger partial charge in [0.05, 0.1) is 35.6 Å². The van der Waals surface area contributed by atoms with Gasteiger partial charge in [0.1, 0.15) is 5.75 Å². The monoisotopic (exact) mass is 563 g/mol. The van der Waals surface area contributed by atoms with E-state index in [-0.39, 0.29) is 12.2 Å². The first kappa shape index (κ1) is 26.5. The lowest BCUT2D eigenvalue weighted by Gasteiger charge is -2.26. The zero-order valence-electron chi connectivity index (χ0n) is 23.0. The van der Waals surface area contributed by atoms with Gasteiger partial charge in [-0.2, -0.15) is 0 Å². The molecule has 1 aliphatic heterocycles. The number of thiazole rings is 1. The van der Waals surface area contributed by atoms with Crippen molar-refractivity contribution in [3.05, 3.63) is 127 Å². The van der Waals surface area contributed by atoms with Crippen LogP contribution < -0.4 is 19.6 Å². The fourth-order valence-electron chi connectivity index (χ4n) is 5.34. The molecule has 6 rings (SSSR count). The van der Waals surface area contributed by atoms with E-state index in [1.165, 1.54) is 11.3 Å². The average molecular weight is 564 g/mol. The Balaban J connectivity index is 1.64. The van der Waals surface area contributed by atoms with Crippen molar-refractivity contribution in [2.45, 2.75) is 26.4 Å². The number of aromatic nitrogens is 2. The van der Waals surface area contributed by atoms with Crippen molar-refractivity contribution < 1.29 is 14.3 Å². The molecule has 0 aliphatic carbocycles. The van der Waals surface area contributed by atoms with Crippen molar-refractivity contribution in [3.8, 4) is 5.75 Å². The molecule has 5 aromatic rings. The highest BCUT2D eigenvalue weighted by Gasteiger charge is 2.35. The van der Waals surface area contributed by atoms with Gasteiger partial charge in [0.2, 0.25) is 0 Å². The van der Waals surface area contributed by atoms with Crippen molar-refractivity contribution in [2.75, 3.05) is 13.7 Å². The van der Waals surface area contributed by atoms with Crippen LogP contribution >= 0.6 is 11.3 Å². The number of aryl methyl sites for hydroxylation is 1. The summed E-state index contributed by atoms with van der Waals surface area (Å²) in [5.41, 5.74) is 4.22. The number of carbonyl (C=O) groups excluding carboxylic acids is 1. The van der Waals surface area contributed by atoms with Gasteiger partial charge in [-0.1, -0.05) is 72.0 Å². The Morgan fingerprint density at radius 2 is 1.73 bits per heavy atom. The summed E-state index contributed by atoms with van der Waals surface area (Å²) < 4.78 is 15.3. The summed E-state index contributed by atoms with van der Waals surface area (Å²) in [6.45, 7) is 4.88. The maximum Gasteiger partial charge on any atom is 0.338 e. The minimum absolute atomic E-state index is 0.200. The molecule has 0 saturated carbocycles. The van der Waals surface area contributed by atoms with E-state index in [9.17, 15) is 9.59 Å². The summed E-state index contributed by atoms with van der Waals surface area (Å²) in [6, 6.07) is 24.4. The zero-order chi connectivity index (χ0) is 28.5. The predicted molar refractivity (Wildman–Crippen MR) is 162 cm³/mol. The van der Waals surface area contributed by atoms with Crippen LogP contribution in [0.25, 0.3) is 22.7 Å². The van der Waals surface area contributed by atoms with Crippen molar-refractivity contribution in [2.24, 2.45) is 4.99 Å². The lowest BCUT2D eigenvalue weighted by atomic mass is 9.93. The quantitative estimate of drug-likeness (QED) is 0.264. The van der Waals surface area contributed by atoms with Gasteiger partial charge in [0, 0.05) is 34.8 Å². The van der Waals surface area contributed by atoms with E-state index in [4.69, 9.17) is 14.5 Å². The largest absolute Gasteiger partial charge is 0.497 e. The molecule has 0 amide bonds. The van der Waals surface area contributed by atoms with Crippen LogP contribution in [0.3, 0.4) is 0 Å². The number of methoxy groups -OCH3 is 1. The summed E-state index contributed by atoms with van der Waals surface area (Å²) in [4.78, 5) is 33.2. The second kappa shape index (κ2) is 11.1. The summed E-state index contributed by atoms with van der Waals surface area (Å²) in [6.07, 6.45) is 4.00. The SMILES string of the molecule is CCOC(=O)C1=C(c2ccccc2)N=c2s/c(=C\c3cn(CC)c4ccccc34)c(=O)n2[C@H]1c1ccc(OC)cc1. The van der Waals surface area contributed by atoms with E-state index in [2.05, 4.69) is 29.8 Å². The molecule has 3 heterocycles. The van der Waals surface area contributed by atoms with Crippen LogP contribution in [0.15, 0.2) is 100 Å². The standard InChI is InChI=1S/C33H29N3O4S/c1-4-35-20-23(25-13-9-10-14-26(25)35)19-27-31(37)36-30(22-15-17-24(39-3)18-16-22)28(32(38)40-5-2)29(34-33(36)41-27)21-11-7-6-8-12-21/h6-20,30H,4-5H2,1-3H3/b27-19-/t30-/m0/s1. The van der Waals surface area contributed by atoms with E-state index in [1.807, 2.05) is 72.8 Å². The molecule has 8 heteroatoms. The third-order valence-corrected chi connectivity index (χ3v) is 8.23. The topological polar surface area (TPSA) is 74.8 Å². The van der Waals surface area contributed by atoms with Gasteiger partial charge in [-0.05, 0) is 43.7 Å². The Labute approximate surface area is 240 Å². The predicted octanol–water partition coefficient (Wildman–Crippen LogP) is 4.92. The van der Waals surface area contributed by atoms with Gasteiger partial charge in [0.25, 0.3) is 5.56 Å². The molecule has 0 N–H and O–H groups in total. The molecule has 0 saturated heterocycles. The van der Waals surface area contributed by atoms with Gasteiger partial charge in [-0.25, -0.2) is 9.79 Å². The molecular formula is C33H29N3O4S. The zero-order valence-corrected chi connectivity index (χ0v) is 23.9. The minimum Gasteiger partial charge on any atom is -0.497 e. The molecule has 0 radical (unpaired) electrons. The fourth-order valence-corrected chi connectivity index (χ4v) is 6.33. The lowest BCUT2D eigenvalue weighted by Crippen LogP contribution is -2.40. The third kappa shape index (κ3) is 4.70. The Kier molecular flexibility index (Phi) is 7.15. The number of hydrogen-bond donors (Lipinski definition) is 0. The van der Waals surface area contributed by atoms with Gasteiger partial charge < -0.3 is 14.0 Å². The third-order valence-electron chi connectivity index (χ3n) is 7.25. The number of nitrogens with zero attached hydrogens (tertiary/aromatic N) is 3. The second-order valence-corrected chi connectivity index (χ2v) is 10.6. The van der Waals surface area contributed by atoms with Crippen molar-refractivity contribution in [3.63, 3.8) is 0 Å². The van der Waals surface area contributed by atoms with Crippen molar-refractivity contribution in [1.29, 1.82) is 0 Å². The van der Waals surface area contributed by atoms with E-state index in [0.717, 1.165) is 34.1 Å². The van der Waals surface area contributed by atoms with Crippen molar-refractivity contribution >= 4 is 40.0 Å². The van der Waals surface area contributed by atoms with Crippen LogP contribution in [0.1, 0.15) is 36.6 Å². The first-order valence-corrected chi connectivity index (χ1v) is 14.4. The Bertz CT molecular complexity index is 1960. The molecule has 3 aromatic carbocycles. The molecule has 7 nitrogen and oxygen atoms in total. The maximum absolute atomic E-state index is 14.2. The van der Waals surface area contributed by atoms with Gasteiger partial charge in [0.15, 0.2) is 4.80 Å². The number of para-hydroxylation sites is 1. The van der Waals surface area contributed by atoms with E-state index in [0.29, 0.717) is 26.4 Å². The molecule has 0 unspecified atom stereocenters. The van der Waals surface area contributed by atoms with E-state index >= 15 is 0 Å². The number of hydrogen-bond acceptors (Lipinski definition) is 6. The first-order valence-electron chi connectivity index (χ1n) is 13.5. The van der Waals surface area contributed by atoms with Crippen LogP contribution in [0.5, 0.6) is 5.75 Å². The van der Waals surface area contributed by atoms with Crippen LogP contribution in [0.4, 0.5) is 0 Å². The normalized spacial score (nSPS) is 15.1. The lowest BCUT2D eigenvalue weighted by molar-refractivity contribution is -0.138. The molecule has 2 aromatic heterocycles. The molecule has 1 atom stereocenters.